The maximum absolute atomic E-state index is 11.5. The van der Waals surface area contributed by atoms with E-state index in [0.29, 0.717) is 29.4 Å². The molecule has 0 radical (unpaired) electrons. The molecule has 0 aliphatic carbocycles. The first-order valence-corrected chi connectivity index (χ1v) is 8.47. The summed E-state index contributed by atoms with van der Waals surface area (Å²) < 4.78 is 5.05. The van der Waals surface area contributed by atoms with Crippen LogP contribution in [0.2, 0.25) is 0 Å². The topological polar surface area (TPSA) is 81.2 Å². The van der Waals surface area contributed by atoms with Gasteiger partial charge in [0.15, 0.2) is 5.82 Å². The maximum Gasteiger partial charge on any atom is 0.308 e. The number of ether oxygens (including phenoxy) is 1. The molecule has 1 amide bonds. The summed E-state index contributed by atoms with van der Waals surface area (Å²) in [4.78, 5) is 31.6. The highest BCUT2D eigenvalue weighted by molar-refractivity contribution is 5.88. The molecule has 1 N–H and O–H groups in total. The maximum atomic E-state index is 11.5. The van der Waals surface area contributed by atoms with Crippen LogP contribution in [0.4, 0.5) is 5.82 Å². The third kappa shape index (κ3) is 4.98. The van der Waals surface area contributed by atoms with Gasteiger partial charge in [0, 0.05) is 25.8 Å². The van der Waals surface area contributed by atoms with E-state index in [-0.39, 0.29) is 11.9 Å². The van der Waals surface area contributed by atoms with Crippen molar-refractivity contribution < 1.29 is 14.3 Å². The fourth-order valence-electron chi connectivity index (χ4n) is 2.61. The Hall–Kier alpha value is -3.54. The second-order valence-electron chi connectivity index (χ2n) is 6.01. The molecule has 1 heterocycles. The molecule has 27 heavy (non-hydrogen) atoms. The van der Waals surface area contributed by atoms with Gasteiger partial charge in [-0.05, 0) is 29.8 Å². The summed E-state index contributed by atoms with van der Waals surface area (Å²) in [6.07, 6.45) is 2.16. The zero-order valence-corrected chi connectivity index (χ0v) is 15.1. The molecule has 0 atom stereocenters. The van der Waals surface area contributed by atoms with Crippen molar-refractivity contribution in [2.24, 2.45) is 0 Å². The van der Waals surface area contributed by atoms with E-state index in [2.05, 4.69) is 10.3 Å². The largest absolute Gasteiger partial charge is 0.427 e. The number of aromatic nitrogens is 2. The molecule has 3 aromatic rings. The standard InChI is InChI=1S/C21H19N3O3/c1-14(25)23-21-19(12-16-6-4-3-5-7-16)24-20(13-22-21)17-8-10-18(11-9-17)27-15(2)26/h3-11,13H,12H2,1-2H3,(H,22,23,25). The predicted molar refractivity (Wildman–Crippen MR) is 102 cm³/mol. The van der Waals surface area contributed by atoms with Gasteiger partial charge in [0.25, 0.3) is 0 Å². The van der Waals surface area contributed by atoms with Crippen LogP contribution in [-0.2, 0) is 16.0 Å². The summed E-state index contributed by atoms with van der Waals surface area (Å²) in [5, 5.41) is 2.73. The van der Waals surface area contributed by atoms with Crippen molar-refractivity contribution in [2.45, 2.75) is 20.3 Å². The first kappa shape index (κ1) is 18.3. The van der Waals surface area contributed by atoms with E-state index in [1.54, 1.807) is 18.3 Å². The van der Waals surface area contributed by atoms with Crippen LogP contribution in [0.15, 0.2) is 60.8 Å². The SMILES string of the molecule is CC(=O)Nc1ncc(-c2ccc(OC(C)=O)cc2)nc1Cc1ccccc1. The van der Waals surface area contributed by atoms with Crippen LogP contribution >= 0.6 is 0 Å². The minimum absolute atomic E-state index is 0.197. The Kier molecular flexibility index (Phi) is 5.56. The van der Waals surface area contributed by atoms with Gasteiger partial charge in [-0.25, -0.2) is 9.97 Å². The van der Waals surface area contributed by atoms with E-state index in [1.807, 2.05) is 42.5 Å². The normalized spacial score (nSPS) is 10.3. The Bertz CT molecular complexity index is 954. The lowest BCUT2D eigenvalue weighted by atomic mass is 10.1. The van der Waals surface area contributed by atoms with Crippen molar-refractivity contribution in [3.8, 4) is 17.0 Å². The van der Waals surface area contributed by atoms with Crippen molar-refractivity contribution >= 4 is 17.7 Å². The molecular weight excluding hydrogens is 342 g/mol. The monoisotopic (exact) mass is 361 g/mol. The highest BCUT2D eigenvalue weighted by atomic mass is 16.5. The lowest BCUT2D eigenvalue weighted by molar-refractivity contribution is -0.131. The van der Waals surface area contributed by atoms with E-state index in [4.69, 9.17) is 9.72 Å². The summed E-state index contributed by atoms with van der Waals surface area (Å²) in [6, 6.07) is 16.9. The molecule has 3 rings (SSSR count). The van der Waals surface area contributed by atoms with Gasteiger partial charge in [0.2, 0.25) is 5.91 Å². The summed E-state index contributed by atoms with van der Waals surface area (Å²) in [7, 11) is 0. The Balaban J connectivity index is 1.93. The zero-order chi connectivity index (χ0) is 19.2. The van der Waals surface area contributed by atoms with Crippen molar-refractivity contribution in [3.05, 3.63) is 72.1 Å². The van der Waals surface area contributed by atoms with Crippen molar-refractivity contribution in [1.29, 1.82) is 0 Å². The molecule has 0 saturated heterocycles. The number of hydrogen-bond donors (Lipinski definition) is 1. The average Bonchev–Trinajstić information content (AvgIpc) is 2.64. The summed E-state index contributed by atoms with van der Waals surface area (Å²) in [5.74, 6) is 0.356. The van der Waals surface area contributed by atoms with Gasteiger partial charge >= 0.3 is 5.97 Å². The number of nitrogens with one attached hydrogen (secondary N) is 1. The predicted octanol–water partition coefficient (Wildman–Crippen LogP) is 3.62. The molecule has 0 saturated carbocycles. The van der Waals surface area contributed by atoms with Crippen LogP contribution in [0.1, 0.15) is 25.1 Å². The molecule has 0 aliphatic rings. The Labute approximate surface area is 157 Å². The van der Waals surface area contributed by atoms with Crippen LogP contribution in [0.5, 0.6) is 5.75 Å². The number of carbonyl (C=O) groups excluding carboxylic acids is 2. The number of nitrogens with zero attached hydrogens (tertiary/aromatic N) is 2. The quantitative estimate of drug-likeness (QED) is 0.554. The van der Waals surface area contributed by atoms with E-state index in [9.17, 15) is 9.59 Å². The minimum Gasteiger partial charge on any atom is -0.427 e. The second kappa shape index (κ2) is 8.23. The second-order valence-corrected chi connectivity index (χ2v) is 6.01. The van der Waals surface area contributed by atoms with Gasteiger partial charge in [-0.3, -0.25) is 9.59 Å². The molecule has 136 valence electrons. The summed E-state index contributed by atoms with van der Waals surface area (Å²) in [6.45, 7) is 2.80. The number of amides is 1. The fourth-order valence-corrected chi connectivity index (χ4v) is 2.61. The van der Waals surface area contributed by atoms with Gasteiger partial charge in [-0.2, -0.15) is 0 Å². The molecular formula is C21H19N3O3. The van der Waals surface area contributed by atoms with Crippen LogP contribution in [-0.4, -0.2) is 21.8 Å². The molecule has 0 unspecified atom stereocenters. The molecule has 0 aliphatic heterocycles. The van der Waals surface area contributed by atoms with Crippen LogP contribution in [0.3, 0.4) is 0 Å². The van der Waals surface area contributed by atoms with E-state index in [0.717, 1.165) is 11.1 Å². The fraction of sp³-hybridized carbons (Fsp3) is 0.143. The van der Waals surface area contributed by atoms with Gasteiger partial charge in [-0.1, -0.05) is 30.3 Å². The third-order valence-electron chi connectivity index (χ3n) is 3.77. The van der Waals surface area contributed by atoms with Crippen molar-refractivity contribution in [3.63, 3.8) is 0 Å². The van der Waals surface area contributed by atoms with Gasteiger partial charge in [0.05, 0.1) is 17.6 Å². The average molecular weight is 361 g/mol. The number of rotatable bonds is 5. The Morgan fingerprint density at radius 2 is 1.70 bits per heavy atom. The first-order chi connectivity index (χ1) is 13.0. The molecule has 1 aromatic heterocycles. The molecule has 6 heteroatoms. The van der Waals surface area contributed by atoms with Crippen molar-refractivity contribution in [2.75, 3.05) is 5.32 Å². The molecule has 6 nitrogen and oxygen atoms in total. The van der Waals surface area contributed by atoms with Gasteiger partial charge in [0.1, 0.15) is 5.75 Å². The third-order valence-corrected chi connectivity index (χ3v) is 3.77. The molecule has 0 fully saturated rings. The van der Waals surface area contributed by atoms with E-state index >= 15 is 0 Å². The first-order valence-electron chi connectivity index (χ1n) is 8.47. The number of hydrogen-bond acceptors (Lipinski definition) is 5. The van der Waals surface area contributed by atoms with Crippen LogP contribution < -0.4 is 10.1 Å². The van der Waals surface area contributed by atoms with Crippen molar-refractivity contribution in [1.82, 2.24) is 9.97 Å². The van der Waals surface area contributed by atoms with Crippen LogP contribution in [0, 0.1) is 0 Å². The van der Waals surface area contributed by atoms with Crippen LogP contribution in [0.25, 0.3) is 11.3 Å². The van der Waals surface area contributed by atoms with Gasteiger partial charge in [-0.15, -0.1) is 0 Å². The molecule has 2 aromatic carbocycles. The number of anilines is 1. The number of esters is 1. The van der Waals surface area contributed by atoms with E-state index in [1.165, 1.54) is 13.8 Å². The number of carbonyl (C=O) groups is 2. The molecule has 0 spiro atoms. The summed E-state index contributed by atoms with van der Waals surface area (Å²) in [5.41, 5.74) is 3.25. The Morgan fingerprint density at radius 3 is 2.33 bits per heavy atom. The molecule has 0 bridgehead atoms. The smallest absolute Gasteiger partial charge is 0.308 e. The lowest BCUT2D eigenvalue weighted by Crippen LogP contribution is -2.12. The zero-order valence-electron chi connectivity index (χ0n) is 15.1. The highest BCUT2D eigenvalue weighted by Gasteiger charge is 2.11. The van der Waals surface area contributed by atoms with E-state index < -0.39 is 0 Å². The highest BCUT2D eigenvalue weighted by Crippen LogP contribution is 2.24. The Morgan fingerprint density at radius 1 is 1.00 bits per heavy atom. The minimum atomic E-state index is -0.368. The lowest BCUT2D eigenvalue weighted by Gasteiger charge is -2.11. The summed E-state index contributed by atoms with van der Waals surface area (Å²) >= 11 is 0. The number of benzene rings is 2. The van der Waals surface area contributed by atoms with Gasteiger partial charge < -0.3 is 10.1 Å².